The topological polar surface area (TPSA) is 126 Å². The molecule has 1 aliphatic rings. The molecule has 0 aliphatic carbocycles. The number of amides is 1. The number of carbonyl (C=O) groups is 3. The third-order valence-corrected chi connectivity index (χ3v) is 6.47. The number of thiazole rings is 1. The number of rotatable bonds is 5. The Bertz CT molecular complexity index is 1340. The summed E-state index contributed by atoms with van der Waals surface area (Å²) >= 11 is 0.894. The third kappa shape index (κ3) is 3.88. The fourth-order valence-corrected chi connectivity index (χ4v) is 4.75. The predicted octanol–water partition coefficient (Wildman–Crippen LogP) is 3.58. The molecule has 0 saturated carbocycles. The molecule has 0 spiro atoms. The molecule has 0 radical (unpaired) electrons. The van der Waals surface area contributed by atoms with E-state index in [0.717, 1.165) is 16.2 Å². The molecule has 1 amide bonds. The number of aliphatic hydroxyl groups is 1. The van der Waals surface area contributed by atoms with Gasteiger partial charge in [-0.1, -0.05) is 35.6 Å². The minimum Gasteiger partial charge on any atom is -0.508 e. The van der Waals surface area contributed by atoms with Gasteiger partial charge >= 0.3 is 11.9 Å². The van der Waals surface area contributed by atoms with Crippen molar-refractivity contribution in [3.63, 3.8) is 0 Å². The van der Waals surface area contributed by atoms with Gasteiger partial charge < -0.3 is 19.7 Å². The standard InChI is InChI=1S/C24H20N2O7S/c1-12-21(23(31)33-3)34-24(25-12)26-18(13-6-4-8-15(27)10-13)17(20(29)22(26)30)19(28)14-7-5-9-16(11-14)32-2/h4-11,18,27-28H,1-3H3/b19-17+/t18-/m0/s1. The molecule has 10 heteroatoms. The van der Waals surface area contributed by atoms with Crippen molar-refractivity contribution in [3.8, 4) is 11.5 Å². The van der Waals surface area contributed by atoms with Crippen LogP contribution in [0.3, 0.4) is 0 Å². The van der Waals surface area contributed by atoms with Crippen LogP contribution in [-0.2, 0) is 14.3 Å². The minimum absolute atomic E-state index is 0.0815. The lowest BCUT2D eigenvalue weighted by Crippen LogP contribution is -2.29. The van der Waals surface area contributed by atoms with Gasteiger partial charge in [-0.05, 0) is 36.8 Å². The van der Waals surface area contributed by atoms with Gasteiger partial charge in [0.15, 0.2) is 5.13 Å². The number of Topliss-reactive ketones (excluding diaryl/α,β-unsaturated/α-hetero) is 1. The van der Waals surface area contributed by atoms with E-state index in [4.69, 9.17) is 9.47 Å². The summed E-state index contributed by atoms with van der Waals surface area (Å²) < 4.78 is 9.98. The number of hydrogen-bond donors (Lipinski definition) is 2. The Labute approximate surface area is 198 Å². The first-order chi connectivity index (χ1) is 16.3. The fourth-order valence-electron chi connectivity index (χ4n) is 3.73. The van der Waals surface area contributed by atoms with E-state index in [1.165, 1.54) is 32.4 Å². The van der Waals surface area contributed by atoms with E-state index in [-0.39, 0.29) is 26.9 Å². The van der Waals surface area contributed by atoms with E-state index in [1.54, 1.807) is 37.3 Å². The zero-order valence-electron chi connectivity index (χ0n) is 18.4. The lowest BCUT2D eigenvalue weighted by molar-refractivity contribution is -0.132. The van der Waals surface area contributed by atoms with E-state index >= 15 is 0 Å². The van der Waals surface area contributed by atoms with E-state index in [1.807, 2.05) is 0 Å². The van der Waals surface area contributed by atoms with Crippen LogP contribution in [0.5, 0.6) is 11.5 Å². The number of anilines is 1. The smallest absolute Gasteiger partial charge is 0.350 e. The molecular weight excluding hydrogens is 460 g/mol. The zero-order valence-corrected chi connectivity index (χ0v) is 19.3. The van der Waals surface area contributed by atoms with Gasteiger partial charge in [0, 0.05) is 5.56 Å². The first-order valence-electron chi connectivity index (χ1n) is 10.1. The Morgan fingerprint density at radius 1 is 1.12 bits per heavy atom. The second kappa shape index (κ2) is 8.99. The number of aryl methyl sites for hydroxylation is 1. The second-order valence-electron chi connectivity index (χ2n) is 7.40. The molecule has 0 bridgehead atoms. The monoisotopic (exact) mass is 480 g/mol. The predicted molar refractivity (Wildman–Crippen MR) is 124 cm³/mol. The highest BCUT2D eigenvalue weighted by Gasteiger charge is 2.48. The average molecular weight is 480 g/mol. The molecule has 174 valence electrons. The van der Waals surface area contributed by atoms with Crippen molar-refractivity contribution >= 4 is 39.9 Å². The number of phenolic OH excluding ortho intramolecular Hbond substituents is 1. The van der Waals surface area contributed by atoms with Gasteiger partial charge in [0.1, 0.15) is 22.1 Å². The quantitative estimate of drug-likeness (QED) is 0.246. The lowest BCUT2D eigenvalue weighted by atomic mass is 9.95. The van der Waals surface area contributed by atoms with Crippen LogP contribution in [-0.4, -0.2) is 47.1 Å². The summed E-state index contributed by atoms with van der Waals surface area (Å²) in [6.45, 7) is 1.59. The summed E-state index contributed by atoms with van der Waals surface area (Å²) in [7, 11) is 2.70. The van der Waals surface area contributed by atoms with Crippen molar-refractivity contribution in [1.82, 2.24) is 4.98 Å². The highest BCUT2D eigenvalue weighted by molar-refractivity contribution is 7.17. The van der Waals surface area contributed by atoms with Crippen LogP contribution < -0.4 is 9.64 Å². The highest BCUT2D eigenvalue weighted by atomic mass is 32.1. The summed E-state index contributed by atoms with van der Waals surface area (Å²) in [5.74, 6) is -2.53. The maximum absolute atomic E-state index is 13.2. The van der Waals surface area contributed by atoms with Gasteiger partial charge in [0.2, 0.25) is 0 Å². The molecule has 3 aromatic rings. The van der Waals surface area contributed by atoms with Gasteiger partial charge in [-0.25, -0.2) is 9.78 Å². The van der Waals surface area contributed by atoms with Crippen LogP contribution in [0.15, 0.2) is 54.1 Å². The number of benzene rings is 2. The van der Waals surface area contributed by atoms with E-state index in [0.29, 0.717) is 17.0 Å². The number of aromatic hydroxyl groups is 1. The Morgan fingerprint density at radius 3 is 2.53 bits per heavy atom. The molecule has 1 aliphatic heterocycles. The number of methoxy groups -OCH3 is 2. The number of aliphatic hydroxyl groups excluding tert-OH is 1. The summed E-state index contributed by atoms with van der Waals surface area (Å²) in [6.07, 6.45) is 0. The molecule has 0 unspecified atom stereocenters. The fraction of sp³-hybridized carbons (Fsp3) is 0.167. The SMILES string of the molecule is COC(=O)c1sc(N2C(=O)C(=O)/C(=C(/O)c3cccc(OC)c3)[C@@H]2c2cccc(O)c2)nc1C. The van der Waals surface area contributed by atoms with E-state index in [9.17, 15) is 24.6 Å². The van der Waals surface area contributed by atoms with Crippen molar-refractivity contribution in [2.45, 2.75) is 13.0 Å². The lowest BCUT2D eigenvalue weighted by Gasteiger charge is -2.23. The molecule has 34 heavy (non-hydrogen) atoms. The van der Waals surface area contributed by atoms with Crippen LogP contribution in [0.1, 0.15) is 32.5 Å². The highest BCUT2D eigenvalue weighted by Crippen LogP contribution is 2.44. The van der Waals surface area contributed by atoms with Crippen molar-refractivity contribution in [1.29, 1.82) is 0 Å². The first-order valence-corrected chi connectivity index (χ1v) is 10.9. The summed E-state index contributed by atoms with van der Waals surface area (Å²) in [5.41, 5.74) is 0.789. The van der Waals surface area contributed by atoms with Gasteiger partial charge in [-0.15, -0.1) is 0 Å². The number of ketones is 1. The maximum atomic E-state index is 13.2. The number of nitrogens with zero attached hydrogens (tertiary/aromatic N) is 2. The van der Waals surface area contributed by atoms with Gasteiger partial charge in [0.05, 0.1) is 31.5 Å². The van der Waals surface area contributed by atoms with Gasteiger partial charge in [-0.3, -0.25) is 14.5 Å². The van der Waals surface area contributed by atoms with Crippen LogP contribution in [0, 0.1) is 6.92 Å². The van der Waals surface area contributed by atoms with Crippen molar-refractivity contribution in [3.05, 3.63) is 75.8 Å². The molecule has 2 N–H and O–H groups in total. The minimum atomic E-state index is -1.10. The third-order valence-electron chi connectivity index (χ3n) is 5.34. The zero-order chi connectivity index (χ0) is 24.6. The average Bonchev–Trinajstić information content (AvgIpc) is 3.35. The van der Waals surface area contributed by atoms with Crippen LogP contribution >= 0.6 is 11.3 Å². The Kier molecular flexibility index (Phi) is 6.08. The number of carbonyl (C=O) groups excluding carboxylic acids is 3. The number of ether oxygens (including phenoxy) is 2. The van der Waals surface area contributed by atoms with Crippen LogP contribution in [0.4, 0.5) is 5.13 Å². The largest absolute Gasteiger partial charge is 0.508 e. The van der Waals surface area contributed by atoms with Crippen LogP contribution in [0.25, 0.3) is 5.76 Å². The Morgan fingerprint density at radius 2 is 1.85 bits per heavy atom. The molecule has 2 aromatic carbocycles. The first kappa shape index (κ1) is 23.0. The summed E-state index contributed by atoms with van der Waals surface area (Å²) in [5, 5.41) is 21.3. The summed E-state index contributed by atoms with van der Waals surface area (Å²) in [6, 6.07) is 11.3. The molecule has 1 aromatic heterocycles. The molecule has 1 saturated heterocycles. The van der Waals surface area contributed by atoms with Gasteiger partial charge in [-0.2, -0.15) is 0 Å². The van der Waals surface area contributed by atoms with Crippen molar-refractivity contribution in [2.24, 2.45) is 0 Å². The number of phenols is 1. The Balaban J connectivity index is 1.95. The van der Waals surface area contributed by atoms with Gasteiger partial charge in [0.25, 0.3) is 5.78 Å². The number of hydrogen-bond acceptors (Lipinski definition) is 9. The van der Waals surface area contributed by atoms with Crippen molar-refractivity contribution < 1.29 is 34.1 Å². The number of aromatic nitrogens is 1. The van der Waals surface area contributed by atoms with E-state index < -0.39 is 29.5 Å². The van der Waals surface area contributed by atoms with Crippen molar-refractivity contribution in [2.75, 3.05) is 19.1 Å². The molecular formula is C24H20N2O7S. The Hall–Kier alpha value is -4.18. The van der Waals surface area contributed by atoms with E-state index in [2.05, 4.69) is 4.98 Å². The molecule has 1 fully saturated rings. The number of esters is 1. The molecule has 1 atom stereocenters. The second-order valence-corrected chi connectivity index (χ2v) is 8.38. The normalized spacial score (nSPS) is 17.1. The molecule has 9 nitrogen and oxygen atoms in total. The van der Waals surface area contributed by atoms with Crippen LogP contribution in [0.2, 0.25) is 0 Å². The summed E-state index contributed by atoms with van der Waals surface area (Å²) in [4.78, 5) is 44.1. The maximum Gasteiger partial charge on any atom is 0.350 e. The molecule has 4 rings (SSSR count). The molecule has 2 heterocycles.